The number of rotatable bonds is 10. The van der Waals surface area contributed by atoms with Crippen molar-refractivity contribution in [2.45, 2.75) is 71.6 Å². The predicted octanol–water partition coefficient (Wildman–Crippen LogP) is 4.78. The Morgan fingerprint density at radius 1 is 1.05 bits per heavy atom. The lowest BCUT2D eigenvalue weighted by Crippen LogP contribution is -2.34. The first-order valence-corrected chi connectivity index (χ1v) is 7.81. The van der Waals surface area contributed by atoms with Crippen LogP contribution < -0.4 is 10.1 Å². The molecule has 2 nitrogen and oxygen atoms in total. The standard InChI is InChI=1S/C17H27F2NO/c1-4-5-6-13(2)20-14(3)7-8-15-9-11-16(12-10-15)21-17(18)19/h9-14,17,20H,4-8H2,1-3H3. The van der Waals surface area contributed by atoms with Gasteiger partial charge in [-0.2, -0.15) is 8.78 Å². The van der Waals surface area contributed by atoms with Gasteiger partial charge in [0, 0.05) is 12.1 Å². The van der Waals surface area contributed by atoms with E-state index in [1.54, 1.807) is 12.1 Å². The number of nitrogens with one attached hydrogen (secondary N) is 1. The number of benzene rings is 1. The largest absolute Gasteiger partial charge is 0.435 e. The van der Waals surface area contributed by atoms with Crippen molar-refractivity contribution in [3.8, 4) is 5.75 Å². The fourth-order valence-electron chi connectivity index (χ4n) is 2.38. The first-order valence-electron chi connectivity index (χ1n) is 7.81. The lowest BCUT2D eigenvalue weighted by atomic mass is 10.0. The first kappa shape index (κ1) is 17.9. The first-order chi connectivity index (χ1) is 10.0. The van der Waals surface area contributed by atoms with Crippen LogP contribution in [0.25, 0.3) is 0 Å². The van der Waals surface area contributed by atoms with Crippen LogP contribution in [-0.4, -0.2) is 18.7 Å². The van der Waals surface area contributed by atoms with Crippen molar-refractivity contribution >= 4 is 0 Å². The Hall–Kier alpha value is -1.16. The molecule has 0 fully saturated rings. The third-order valence-electron chi connectivity index (χ3n) is 3.57. The number of ether oxygens (including phenoxy) is 1. The summed E-state index contributed by atoms with van der Waals surface area (Å²) < 4.78 is 28.4. The highest BCUT2D eigenvalue weighted by Crippen LogP contribution is 2.16. The second-order valence-corrected chi connectivity index (χ2v) is 5.67. The topological polar surface area (TPSA) is 21.3 Å². The molecule has 4 heteroatoms. The highest BCUT2D eigenvalue weighted by atomic mass is 19.3. The SMILES string of the molecule is CCCCC(C)NC(C)CCc1ccc(OC(F)F)cc1. The van der Waals surface area contributed by atoms with Gasteiger partial charge >= 0.3 is 6.61 Å². The molecule has 0 aliphatic rings. The van der Waals surface area contributed by atoms with Gasteiger partial charge in [-0.15, -0.1) is 0 Å². The molecule has 1 N–H and O–H groups in total. The molecule has 0 bridgehead atoms. The van der Waals surface area contributed by atoms with E-state index < -0.39 is 6.61 Å². The minimum absolute atomic E-state index is 0.216. The number of aryl methyl sites for hydroxylation is 1. The predicted molar refractivity (Wildman–Crippen MR) is 83.0 cm³/mol. The summed E-state index contributed by atoms with van der Waals surface area (Å²) in [5.41, 5.74) is 1.14. The summed E-state index contributed by atoms with van der Waals surface area (Å²) in [6.07, 6.45) is 5.66. The number of alkyl halides is 2. The molecule has 0 saturated carbocycles. The van der Waals surface area contributed by atoms with E-state index in [2.05, 4.69) is 30.8 Å². The highest BCUT2D eigenvalue weighted by Gasteiger charge is 2.08. The quantitative estimate of drug-likeness (QED) is 0.671. The molecular formula is C17H27F2NO. The summed E-state index contributed by atoms with van der Waals surface area (Å²) in [4.78, 5) is 0. The Morgan fingerprint density at radius 3 is 2.24 bits per heavy atom. The molecule has 0 aromatic heterocycles. The van der Waals surface area contributed by atoms with Crippen molar-refractivity contribution in [3.05, 3.63) is 29.8 Å². The van der Waals surface area contributed by atoms with Crippen molar-refractivity contribution in [2.75, 3.05) is 0 Å². The number of halogens is 2. The van der Waals surface area contributed by atoms with Gasteiger partial charge in [-0.05, 0) is 50.8 Å². The zero-order valence-corrected chi connectivity index (χ0v) is 13.2. The molecule has 0 saturated heterocycles. The van der Waals surface area contributed by atoms with Gasteiger partial charge in [0.25, 0.3) is 0 Å². The molecule has 0 aliphatic heterocycles. The highest BCUT2D eigenvalue weighted by molar-refractivity contribution is 5.27. The number of unbranched alkanes of at least 4 members (excludes halogenated alkanes) is 1. The van der Waals surface area contributed by atoms with E-state index in [4.69, 9.17) is 0 Å². The van der Waals surface area contributed by atoms with Crippen LogP contribution in [0.3, 0.4) is 0 Å². The van der Waals surface area contributed by atoms with Crippen molar-refractivity contribution in [1.29, 1.82) is 0 Å². The lowest BCUT2D eigenvalue weighted by Gasteiger charge is -2.20. The van der Waals surface area contributed by atoms with E-state index in [-0.39, 0.29) is 5.75 Å². The van der Waals surface area contributed by atoms with Crippen molar-refractivity contribution in [3.63, 3.8) is 0 Å². The van der Waals surface area contributed by atoms with Crippen molar-refractivity contribution in [2.24, 2.45) is 0 Å². The summed E-state index contributed by atoms with van der Waals surface area (Å²) in [7, 11) is 0. The van der Waals surface area contributed by atoms with E-state index in [0.717, 1.165) is 18.4 Å². The summed E-state index contributed by atoms with van der Waals surface area (Å²) in [5, 5.41) is 3.60. The van der Waals surface area contributed by atoms with Gasteiger partial charge in [0.15, 0.2) is 0 Å². The van der Waals surface area contributed by atoms with E-state index in [0.29, 0.717) is 12.1 Å². The fraction of sp³-hybridized carbons (Fsp3) is 0.647. The Bertz CT molecular complexity index is 381. The monoisotopic (exact) mass is 299 g/mol. The fourth-order valence-corrected chi connectivity index (χ4v) is 2.38. The van der Waals surface area contributed by atoms with Gasteiger partial charge in [0.1, 0.15) is 5.75 Å². The molecule has 0 radical (unpaired) electrons. The minimum atomic E-state index is -2.76. The molecule has 2 atom stereocenters. The molecule has 0 heterocycles. The second kappa shape index (κ2) is 9.72. The summed E-state index contributed by atoms with van der Waals surface area (Å²) >= 11 is 0. The lowest BCUT2D eigenvalue weighted by molar-refractivity contribution is -0.0498. The van der Waals surface area contributed by atoms with E-state index in [1.165, 1.54) is 19.3 Å². The molecule has 2 unspecified atom stereocenters. The van der Waals surface area contributed by atoms with Crippen LogP contribution in [0, 0.1) is 0 Å². The normalized spacial score (nSPS) is 14.2. The molecule has 0 aliphatic carbocycles. The average Bonchev–Trinajstić information content (AvgIpc) is 2.44. The minimum Gasteiger partial charge on any atom is -0.435 e. The third-order valence-corrected chi connectivity index (χ3v) is 3.57. The number of hydrogen-bond acceptors (Lipinski definition) is 2. The maximum atomic E-state index is 12.1. The Labute approximate surface area is 126 Å². The Balaban J connectivity index is 2.30. The van der Waals surface area contributed by atoms with Crippen LogP contribution >= 0.6 is 0 Å². The van der Waals surface area contributed by atoms with E-state index in [1.807, 2.05) is 12.1 Å². The van der Waals surface area contributed by atoms with Gasteiger partial charge in [0.05, 0.1) is 0 Å². The summed E-state index contributed by atoms with van der Waals surface area (Å²) in [6, 6.07) is 7.90. The van der Waals surface area contributed by atoms with Gasteiger partial charge in [-0.1, -0.05) is 31.9 Å². The smallest absolute Gasteiger partial charge is 0.387 e. The van der Waals surface area contributed by atoms with E-state index in [9.17, 15) is 8.78 Å². The molecule has 0 amide bonds. The van der Waals surface area contributed by atoms with Crippen LogP contribution in [0.4, 0.5) is 8.78 Å². The van der Waals surface area contributed by atoms with Gasteiger partial charge in [0.2, 0.25) is 0 Å². The molecule has 0 spiro atoms. The average molecular weight is 299 g/mol. The molecule has 1 aromatic carbocycles. The Kier molecular flexibility index (Phi) is 8.28. The molecule has 21 heavy (non-hydrogen) atoms. The van der Waals surface area contributed by atoms with Crippen molar-refractivity contribution in [1.82, 2.24) is 5.32 Å². The van der Waals surface area contributed by atoms with Crippen LogP contribution in [-0.2, 0) is 6.42 Å². The zero-order chi connectivity index (χ0) is 15.7. The molecule has 1 aromatic rings. The molecule has 1 rings (SSSR count). The number of hydrogen-bond donors (Lipinski definition) is 1. The molecular weight excluding hydrogens is 272 g/mol. The van der Waals surface area contributed by atoms with E-state index >= 15 is 0 Å². The van der Waals surface area contributed by atoms with Gasteiger partial charge in [-0.25, -0.2) is 0 Å². The van der Waals surface area contributed by atoms with Crippen LogP contribution in [0.2, 0.25) is 0 Å². The molecule has 120 valence electrons. The summed E-state index contributed by atoms with van der Waals surface area (Å²) in [6.45, 7) is 3.86. The second-order valence-electron chi connectivity index (χ2n) is 5.67. The third kappa shape index (κ3) is 8.00. The van der Waals surface area contributed by atoms with Gasteiger partial charge in [-0.3, -0.25) is 0 Å². The van der Waals surface area contributed by atoms with Crippen molar-refractivity contribution < 1.29 is 13.5 Å². The van der Waals surface area contributed by atoms with Crippen LogP contribution in [0.1, 0.15) is 52.0 Å². The van der Waals surface area contributed by atoms with Gasteiger partial charge < -0.3 is 10.1 Å². The maximum absolute atomic E-state index is 12.1. The van der Waals surface area contributed by atoms with Crippen LogP contribution in [0.15, 0.2) is 24.3 Å². The summed E-state index contributed by atoms with van der Waals surface area (Å²) in [5.74, 6) is 0.216. The Morgan fingerprint density at radius 2 is 1.67 bits per heavy atom. The zero-order valence-electron chi connectivity index (χ0n) is 13.2. The van der Waals surface area contributed by atoms with Crippen LogP contribution in [0.5, 0.6) is 5.75 Å². The maximum Gasteiger partial charge on any atom is 0.387 e.